The van der Waals surface area contributed by atoms with Crippen molar-refractivity contribution >= 4 is 11.9 Å². The summed E-state index contributed by atoms with van der Waals surface area (Å²) in [6.07, 6.45) is 1.23. The number of rotatable bonds is 11. The molecular weight excluding hydrogens is 494 g/mol. The minimum Gasteiger partial charge on any atom is -0.481 e. The van der Waals surface area contributed by atoms with E-state index in [0.717, 1.165) is 27.8 Å². The molecule has 0 aliphatic carbocycles. The zero-order valence-corrected chi connectivity index (χ0v) is 23.6. The number of carboxylic acid groups (broad SMARTS) is 1. The fourth-order valence-corrected chi connectivity index (χ4v) is 4.97. The molecule has 3 N–H and O–H groups in total. The number of hydrogen-bond donors (Lipinski definition) is 3. The van der Waals surface area contributed by atoms with Crippen molar-refractivity contribution in [3.63, 3.8) is 0 Å². The van der Waals surface area contributed by atoms with E-state index < -0.39 is 30.1 Å². The third kappa shape index (κ3) is 7.43. The number of hydrogen-bond acceptors (Lipinski definition) is 5. The number of aliphatic hydroxyl groups is 1. The number of carbonyl (C=O) groups is 2. The summed E-state index contributed by atoms with van der Waals surface area (Å²) in [7, 11) is 3.82. The van der Waals surface area contributed by atoms with Crippen LogP contribution in [-0.2, 0) is 21.9 Å². The summed E-state index contributed by atoms with van der Waals surface area (Å²) in [4.78, 5) is 40.5. The fraction of sp³-hybridized carbons (Fsp3) is 0.387. The molecule has 1 heterocycles. The molecule has 39 heavy (non-hydrogen) atoms. The van der Waals surface area contributed by atoms with E-state index >= 15 is 0 Å². The van der Waals surface area contributed by atoms with Gasteiger partial charge in [0.15, 0.2) is 5.72 Å². The normalized spacial score (nSPS) is 13.8. The number of carbonyl (C=O) groups excluding carboxylic acids is 1. The quantitative estimate of drug-likeness (QED) is 0.318. The second-order valence-electron chi connectivity index (χ2n) is 10.9. The van der Waals surface area contributed by atoms with Crippen LogP contribution >= 0.6 is 0 Å². The Kier molecular flexibility index (Phi) is 9.48. The van der Waals surface area contributed by atoms with Crippen LogP contribution in [0.2, 0.25) is 0 Å². The number of amides is 1. The topological polar surface area (TPSA) is 112 Å². The number of aryl methyl sites for hydroxylation is 2. The Balaban J connectivity index is 2.06. The highest BCUT2D eigenvalue weighted by atomic mass is 16.4. The van der Waals surface area contributed by atoms with E-state index in [2.05, 4.69) is 5.32 Å². The van der Waals surface area contributed by atoms with Gasteiger partial charge in [-0.15, -0.1) is 0 Å². The molecule has 2 atom stereocenters. The first-order valence-electron chi connectivity index (χ1n) is 13.1. The Bertz CT molecular complexity index is 1370. The molecule has 0 saturated carbocycles. The molecule has 2 unspecified atom stereocenters. The molecule has 0 aliphatic rings. The van der Waals surface area contributed by atoms with Gasteiger partial charge < -0.3 is 25.0 Å². The van der Waals surface area contributed by atoms with Gasteiger partial charge in [0.25, 0.3) is 5.56 Å². The van der Waals surface area contributed by atoms with Gasteiger partial charge >= 0.3 is 5.97 Å². The summed E-state index contributed by atoms with van der Waals surface area (Å²) >= 11 is 0. The molecule has 2 aromatic carbocycles. The zero-order valence-electron chi connectivity index (χ0n) is 23.6. The minimum atomic E-state index is -2.20. The van der Waals surface area contributed by atoms with E-state index in [9.17, 15) is 24.6 Å². The van der Waals surface area contributed by atoms with E-state index in [0.29, 0.717) is 13.0 Å². The molecule has 3 rings (SSSR count). The number of benzene rings is 2. The van der Waals surface area contributed by atoms with Gasteiger partial charge in [0.2, 0.25) is 5.91 Å². The van der Waals surface area contributed by atoms with Crippen molar-refractivity contribution in [3.8, 4) is 11.1 Å². The van der Waals surface area contributed by atoms with Gasteiger partial charge in [-0.05, 0) is 74.2 Å². The van der Waals surface area contributed by atoms with Crippen LogP contribution in [-0.4, -0.2) is 45.7 Å². The van der Waals surface area contributed by atoms with Crippen molar-refractivity contribution in [2.75, 3.05) is 14.1 Å². The zero-order chi connectivity index (χ0) is 28.9. The van der Waals surface area contributed by atoms with Crippen LogP contribution < -0.4 is 10.9 Å². The molecule has 0 aliphatic heterocycles. The van der Waals surface area contributed by atoms with Crippen LogP contribution in [0.1, 0.15) is 55.0 Å². The van der Waals surface area contributed by atoms with Crippen molar-refractivity contribution in [3.05, 3.63) is 93.4 Å². The summed E-state index contributed by atoms with van der Waals surface area (Å²) in [5.74, 6) is -1.86. The Morgan fingerprint density at radius 3 is 2.26 bits per heavy atom. The van der Waals surface area contributed by atoms with Crippen LogP contribution in [0, 0.1) is 19.8 Å². The van der Waals surface area contributed by atoms with Gasteiger partial charge in [0.05, 0.1) is 6.42 Å². The lowest BCUT2D eigenvalue weighted by Gasteiger charge is -2.32. The lowest BCUT2D eigenvalue weighted by molar-refractivity contribution is -0.148. The standard InChI is InChI=1S/C31H39N3O5/c1-20(2)15-26(34-19-23(18-33(5)6)13-14-27(34)35)30(38)32-31(39,17-28(36)37)25-12-8-11-24(16-25)29-21(3)9-7-10-22(29)4/h7-14,16,19-20,26,39H,15,17-18H2,1-6H3,(H,32,38)(H,36,37). The monoisotopic (exact) mass is 533 g/mol. The van der Waals surface area contributed by atoms with Crippen molar-refractivity contribution in [1.29, 1.82) is 0 Å². The molecule has 208 valence electrons. The SMILES string of the molecule is Cc1cccc(C)c1-c1cccc(C(O)(CC(=O)O)NC(=O)C(CC(C)C)n2cc(CN(C)C)ccc2=O)c1. The molecule has 8 heteroatoms. The highest BCUT2D eigenvalue weighted by Crippen LogP contribution is 2.32. The largest absolute Gasteiger partial charge is 0.481 e. The van der Waals surface area contributed by atoms with Crippen molar-refractivity contribution in [2.24, 2.45) is 5.92 Å². The van der Waals surface area contributed by atoms with Crippen LogP contribution in [0.4, 0.5) is 0 Å². The smallest absolute Gasteiger partial charge is 0.308 e. The highest BCUT2D eigenvalue weighted by molar-refractivity contribution is 5.82. The van der Waals surface area contributed by atoms with E-state index in [1.807, 2.05) is 71.0 Å². The molecule has 8 nitrogen and oxygen atoms in total. The van der Waals surface area contributed by atoms with Crippen molar-refractivity contribution in [1.82, 2.24) is 14.8 Å². The van der Waals surface area contributed by atoms with Gasteiger partial charge in [-0.2, -0.15) is 0 Å². The summed E-state index contributed by atoms with van der Waals surface area (Å²) in [6, 6.07) is 15.1. The Labute approximate surface area is 229 Å². The number of aliphatic carboxylic acids is 1. The first-order chi connectivity index (χ1) is 18.3. The lowest BCUT2D eigenvalue weighted by atomic mass is 9.91. The predicted molar refractivity (Wildman–Crippen MR) is 152 cm³/mol. The molecule has 1 amide bonds. The molecular formula is C31H39N3O5. The van der Waals surface area contributed by atoms with Gasteiger partial charge in [-0.25, -0.2) is 0 Å². The van der Waals surface area contributed by atoms with E-state index in [1.54, 1.807) is 30.5 Å². The molecule has 3 aromatic rings. The fourth-order valence-electron chi connectivity index (χ4n) is 4.97. The highest BCUT2D eigenvalue weighted by Gasteiger charge is 2.37. The number of nitrogens with one attached hydrogen (secondary N) is 1. The van der Waals surface area contributed by atoms with Gasteiger partial charge in [-0.1, -0.05) is 56.3 Å². The predicted octanol–water partition coefficient (Wildman–Crippen LogP) is 4.22. The van der Waals surface area contributed by atoms with Gasteiger partial charge in [0, 0.05) is 24.4 Å². The van der Waals surface area contributed by atoms with Crippen LogP contribution in [0.15, 0.2) is 65.6 Å². The lowest BCUT2D eigenvalue weighted by Crippen LogP contribution is -2.50. The average Bonchev–Trinajstić information content (AvgIpc) is 2.83. The maximum absolute atomic E-state index is 13.8. The maximum atomic E-state index is 13.8. The number of aromatic nitrogens is 1. The van der Waals surface area contributed by atoms with Gasteiger partial charge in [0.1, 0.15) is 6.04 Å². The Hall–Kier alpha value is -3.75. The number of carboxylic acids is 1. The third-order valence-electron chi connectivity index (χ3n) is 6.68. The number of nitrogens with zero attached hydrogens (tertiary/aromatic N) is 2. The van der Waals surface area contributed by atoms with E-state index in [1.165, 1.54) is 10.6 Å². The molecule has 1 aromatic heterocycles. The summed E-state index contributed by atoms with van der Waals surface area (Å²) in [6.45, 7) is 8.42. The Morgan fingerprint density at radius 1 is 1.03 bits per heavy atom. The first-order valence-corrected chi connectivity index (χ1v) is 13.1. The Morgan fingerprint density at radius 2 is 1.67 bits per heavy atom. The van der Waals surface area contributed by atoms with Crippen molar-refractivity contribution in [2.45, 2.75) is 58.8 Å². The molecule has 0 radical (unpaired) electrons. The van der Waals surface area contributed by atoms with Crippen LogP contribution in [0.25, 0.3) is 11.1 Å². The maximum Gasteiger partial charge on any atom is 0.308 e. The van der Waals surface area contributed by atoms with Crippen LogP contribution in [0.3, 0.4) is 0 Å². The van der Waals surface area contributed by atoms with Crippen molar-refractivity contribution < 1.29 is 19.8 Å². The second-order valence-corrected chi connectivity index (χ2v) is 10.9. The van der Waals surface area contributed by atoms with E-state index in [-0.39, 0.29) is 17.0 Å². The minimum absolute atomic E-state index is 0.0464. The third-order valence-corrected chi connectivity index (χ3v) is 6.68. The van der Waals surface area contributed by atoms with Gasteiger partial charge in [-0.3, -0.25) is 14.4 Å². The average molecular weight is 534 g/mol. The number of pyridine rings is 1. The van der Waals surface area contributed by atoms with Crippen LogP contribution in [0.5, 0.6) is 0 Å². The molecule has 0 fully saturated rings. The first kappa shape index (κ1) is 29.8. The molecule has 0 spiro atoms. The summed E-state index contributed by atoms with van der Waals surface area (Å²) < 4.78 is 1.38. The molecule has 0 saturated heterocycles. The second kappa shape index (κ2) is 12.4. The summed E-state index contributed by atoms with van der Waals surface area (Å²) in [5.41, 5.74) is 2.39. The molecule has 0 bridgehead atoms. The van der Waals surface area contributed by atoms with E-state index in [4.69, 9.17) is 0 Å². The summed E-state index contributed by atoms with van der Waals surface area (Å²) in [5, 5.41) is 24.0.